The predicted octanol–water partition coefficient (Wildman–Crippen LogP) is 2.64. The molecule has 0 aliphatic carbocycles. The Kier molecular flexibility index (Phi) is 6.00. The molecule has 6 nitrogen and oxygen atoms in total. The number of aromatic nitrogens is 1. The van der Waals surface area contributed by atoms with Crippen LogP contribution in [0.4, 0.5) is 0 Å². The molecule has 0 aliphatic heterocycles. The summed E-state index contributed by atoms with van der Waals surface area (Å²) in [5.41, 5.74) is 5.40. The molecule has 0 saturated carbocycles. The van der Waals surface area contributed by atoms with Gasteiger partial charge in [0.15, 0.2) is 0 Å². The van der Waals surface area contributed by atoms with Gasteiger partial charge in [-0.25, -0.2) is 9.78 Å². The second kappa shape index (κ2) is 8.19. The Morgan fingerprint density at radius 1 is 1.12 bits per heavy atom. The van der Waals surface area contributed by atoms with Crippen LogP contribution in [0, 0.1) is 0 Å². The zero-order chi connectivity index (χ0) is 17.5. The second-order valence-corrected chi connectivity index (χ2v) is 5.98. The van der Waals surface area contributed by atoms with E-state index in [-0.39, 0.29) is 5.69 Å². The minimum absolute atomic E-state index is 0.0821. The molecule has 0 aliphatic rings. The lowest BCUT2D eigenvalue weighted by Gasteiger charge is -2.02. The monoisotopic (exact) mass is 344 g/mol. The number of fused-ring (bicyclic) bond motifs is 1. The molecular weight excluding hydrogens is 328 g/mol. The molecule has 1 aromatic carbocycles. The van der Waals surface area contributed by atoms with E-state index >= 15 is 0 Å². The maximum atomic E-state index is 10.6. The van der Waals surface area contributed by atoms with Crippen molar-refractivity contribution >= 4 is 34.0 Å². The van der Waals surface area contributed by atoms with Crippen molar-refractivity contribution in [1.29, 1.82) is 0 Å². The summed E-state index contributed by atoms with van der Waals surface area (Å²) in [6.07, 6.45) is 1.99. The summed E-state index contributed by atoms with van der Waals surface area (Å²) in [5.74, 6) is -1.94. The Labute approximate surface area is 142 Å². The number of benzene rings is 1. The molecule has 2 heterocycles. The third-order valence-electron chi connectivity index (χ3n) is 3.17. The smallest absolute Gasteiger partial charge is 0.354 e. The lowest BCUT2D eigenvalue weighted by molar-refractivity contribution is -0.138. The highest BCUT2D eigenvalue weighted by Gasteiger charge is 2.11. The predicted molar refractivity (Wildman–Crippen MR) is 92.3 cm³/mol. The van der Waals surface area contributed by atoms with Gasteiger partial charge in [0, 0.05) is 22.9 Å². The lowest BCUT2D eigenvalue weighted by Crippen LogP contribution is -2.31. The van der Waals surface area contributed by atoms with Crippen LogP contribution in [0.2, 0.25) is 0 Å². The van der Waals surface area contributed by atoms with Crippen LogP contribution in [-0.4, -0.2) is 33.2 Å². The number of pyridine rings is 1. The number of rotatable bonds is 4. The molecule has 2 aromatic heterocycles. The molecule has 0 unspecified atom stereocenters. The number of carboxylic acids is 2. The Morgan fingerprint density at radius 2 is 1.83 bits per heavy atom. The molecule has 4 N–H and O–H groups in total. The van der Waals surface area contributed by atoms with Gasteiger partial charge in [0.1, 0.15) is 11.7 Å². The molecule has 7 heteroatoms. The van der Waals surface area contributed by atoms with Crippen LogP contribution in [-0.2, 0) is 11.2 Å². The first-order valence-electron chi connectivity index (χ1n) is 7.06. The fraction of sp³-hybridized carbons (Fsp3) is 0.118. The highest BCUT2D eigenvalue weighted by atomic mass is 32.1. The molecule has 0 radical (unpaired) electrons. The Bertz CT molecular complexity index is 833. The minimum Gasteiger partial charge on any atom is -0.480 e. The van der Waals surface area contributed by atoms with E-state index in [0.717, 1.165) is 15.6 Å². The first-order chi connectivity index (χ1) is 11.5. The van der Waals surface area contributed by atoms with Crippen LogP contribution in [0.3, 0.4) is 0 Å². The van der Waals surface area contributed by atoms with E-state index in [1.165, 1.54) is 11.3 Å². The highest BCUT2D eigenvalue weighted by molar-refractivity contribution is 7.09. The highest BCUT2D eigenvalue weighted by Crippen LogP contribution is 2.13. The van der Waals surface area contributed by atoms with Crippen LogP contribution >= 0.6 is 11.3 Å². The maximum absolute atomic E-state index is 10.6. The summed E-state index contributed by atoms with van der Waals surface area (Å²) < 4.78 is 0. The van der Waals surface area contributed by atoms with Gasteiger partial charge in [-0.15, -0.1) is 11.3 Å². The number of carboxylic acid groups (broad SMARTS) is 2. The van der Waals surface area contributed by atoms with Crippen molar-refractivity contribution in [2.45, 2.75) is 12.5 Å². The van der Waals surface area contributed by atoms with E-state index in [1.54, 1.807) is 12.3 Å². The van der Waals surface area contributed by atoms with Crippen molar-refractivity contribution in [2.75, 3.05) is 0 Å². The molecule has 1 atom stereocenters. The normalized spacial score (nSPS) is 11.4. The third kappa shape index (κ3) is 4.87. The number of nitrogens with zero attached hydrogens (tertiary/aromatic N) is 1. The SMILES string of the molecule is N[C@@H](Cc1cccs1)C(=O)O.O=C(O)c1cc2ccccc2cn1. The van der Waals surface area contributed by atoms with E-state index in [0.29, 0.717) is 6.42 Å². The van der Waals surface area contributed by atoms with E-state index < -0.39 is 18.0 Å². The van der Waals surface area contributed by atoms with Gasteiger partial charge in [-0.05, 0) is 22.9 Å². The Balaban J connectivity index is 0.000000177. The van der Waals surface area contributed by atoms with Crippen LogP contribution in [0.25, 0.3) is 10.8 Å². The van der Waals surface area contributed by atoms with Crippen LogP contribution < -0.4 is 5.73 Å². The lowest BCUT2D eigenvalue weighted by atomic mass is 10.1. The zero-order valence-electron chi connectivity index (χ0n) is 12.6. The number of hydrogen-bond acceptors (Lipinski definition) is 5. The van der Waals surface area contributed by atoms with Gasteiger partial charge in [-0.3, -0.25) is 4.79 Å². The van der Waals surface area contributed by atoms with Gasteiger partial charge in [-0.2, -0.15) is 0 Å². The molecule has 0 fully saturated rings. The van der Waals surface area contributed by atoms with Gasteiger partial charge in [0.2, 0.25) is 0 Å². The number of carbonyl (C=O) groups is 2. The van der Waals surface area contributed by atoms with E-state index in [4.69, 9.17) is 15.9 Å². The topological polar surface area (TPSA) is 114 Å². The standard InChI is InChI=1S/C10H7NO2.C7H9NO2S/c12-10(13)9-5-7-3-1-2-4-8(7)6-11-9;8-6(7(9)10)4-5-2-1-3-11-5/h1-6H,(H,12,13);1-3,6H,4,8H2,(H,9,10)/t;6-/m.0/s1. The van der Waals surface area contributed by atoms with Crippen molar-refractivity contribution in [3.05, 3.63) is 64.6 Å². The number of aliphatic carboxylic acids is 1. The summed E-state index contributed by atoms with van der Waals surface area (Å²) in [6, 6.07) is 12.1. The van der Waals surface area contributed by atoms with Crippen molar-refractivity contribution < 1.29 is 19.8 Å². The quantitative estimate of drug-likeness (QED) is 0.670. The Morgan fingerprint density at radius 3 is 2.42 bits per heavy atom. The van der Waals surface area contributed by atoms with Crippen molar-refractivity contribution in [1.82, 2.24) is 4.98 Å². The molecule has 124 valence electrons. The molecule has 3 aromatic rings. The van der Waals surface area contributed by atoms with Crippen molar-refractivity contribution in [2.24, 2.45) is 5.73 Å². The van der Waals surface area contributed by atoms with E-state index in [2.05, 4.69) is 4.98 Å². The molecule has 3 rings (SSSR count). The molecular formula is C17H16N2O4S. The molecule has 0 spiro atoms. The second-order valence-electron chi connectivity index (χ2n) is 4.95. The number of aromatic carboxylic acids is 1. The fourth-order valence-electron chi connectivity index (χ4n) is 1.93. The molecule has 0 saturated heterocycles. The largest absolute Gasteiger partial charge is 0.480 e. The number of thiophene rings is 1. The summed E-state index contributed by atoms with van der Waals surface area (Å²) in [5, 5.41) is 20.9. The van der Waals surface area contributed by atoms with Crippen LogP contribution in [0.1, 0.15) is 15.4 Å². The summed E-state index contributed by atoms with van der Waals surface area (Å²) >= 11 is 1.53. The average molecular weight is 344 g/mol. The third-order valence-corrected chi connectivity index (χ3v) is 4.07. The summed E-state index contributed by atoms with van der Waals surface area (Å²) in [6.45, 7) is 0. The Hall–Kier alpha value is -2.77. The number of nitrogens with two attached hydrogens (primary N) is 1. The summed E-state index contributed by atoms with van der Waals surface area (Å²) in [4.78, 5) is 25.7. The first-order valence-corrected chi connectivity index (χ1v) is 7.94. The van der Waals surface area contributed by atoms with Gasteiger partial charge < -0.3 is 15.9 Å². The molecule has 24 heavy (non-hydrogen) atoms. The van der Waals surface area contributed by atoms with E-state index in [9.17, 15) is 9.59 Å². The van der Waals surface area contributed by atoms with Gasteiger partial charge in [0.25, 0.3) is 0 Å². The van der Waals surface area contributed by atoms with Crippen molar-refractivity contribution in [3.63, 3.8) is 0 Å². The number of hydrogen-bond donors (Lipinski definition) is 3. The van der Waals surface area contributed by atoms with Gasteiger partial charge in [0.05, 0.1) is 0 Å². The van der Waals surface area contributed by atoms with Crippen LogP contribution in [0.15, 0.2) is 54.0 Å². The zero-order valence-corrected chi connectivity index (χ0v) is 13.4. The summed E-state index contributed by atoms with van der Waals surface area (Å²) in [7, 11) is 0. The molecule has 0 bridgehead atoms. The molecule has 0 amide bonds. The van der Waals surface area contributed by atoms with Gasteiger partial charge in [-0.1, -0.05) is 30.3 Å². The first kappa shape index (κ1) is 17.6. The average Bonchev–Trinajstić information content (AvgIpc) is 3.07. The fourth-order valence-corrected chi connectivity index (χ4v) is 2.70. The van der Waals surface area contributed by atoms with E-state index in [1.807, 2.05) is 41.8 Å². The van der Waals surface area contributed by atoms with Crippen LogP contribution in [0.5, 0.6) is 0 Å². The van der Waals surface area contributed by atoms with Gasteiger partial charge >= 0.3 is 11.9 Å². The maximum Gasteiger partial charge on any atom is 0.354 e. The van der Waals surface area contributed by atoms with Crippen molar-refractivity contribution in [3.8, 4) is 0 Å². The minimum atomic E-state index is -0.995.